The maximum absolute atomic E-state index is 10.7. The Bertz CT molecular complexity index is 418. The fourth-order valence-corrected chi connectivity index (χ4v) is 1.13. The number of ether oxygens (including phenoxy) is 1. The second kappa shape index (κ2) is 4.47. The first-order valence-electron chi connectivity index (χ1n) is 4.46. The molecule has 0 spiro atoms. The molecule has 0 fully saturated rings. The molecule has 0 saturated heterocycles. The SMILES string of the molecule is [C-]#[N+]c1cc(OC(C)C)ccc1C(=O)O. The molecule has 0 aromatic heterocycles. The lowest BCUT2D eigenvalue weighted by atomic mass is 10.2. The van der Waals surface area contributed by atoms with Crippen LogP contribution in [0.1, 0.15) is 24.2 Å². The van der Waals surface area contributed by atoms with E-state index < -0.39 is 5.97 Å². The van der Waals surface area contributed by atoms with E-state index in [0.717, 1.165) is 0 Å². The number of carboxylic acid groups (broad SMARTS) is 1. The van der Waals surface area contributed by atoms with Crippen molar-refractivity contribution in [3.05, 3.63) is 35.2 Å². The molecule has 0 aliphatic heterocycles. The van der Waals surface area contributed by atoms with Crippen molar-refractivity contribution >= 4 is 11.7 Å². The summed E-state index contributed by atoms with van der Waals surface area (Å²) in [4.78, 5) is 13.9. The van der Waals surface area contributed by atoms with Crippen LogP contribution in [0.5, 0.6) is 5.75 Å². The summed E-state index contributed by atoms with van der Waals surface area (Å²) >= 11 is 0. The zero-order chi connectivity index (χ0) is 11.4. The first-order chi connectivity index (χ1) is 7.04. The fourth-order valence-electron chi connectivity index (χ4n) is 1.13. The van der Waals surface area contributed by atoms with Gasteiger partial charge in [0.1, 0.15) is 5.75 Å². The van der Waals surface area contributed by atoms with Crippen LogP contribution in [0.3, 0.4) is 0 Å². The molecule has 78 valence electrons. The zero-order valence-electron chi connectivity index (χ0n) is 8.52. The van der Waals surface area contributed by atoms with Gasteiger partial charge in [0.15, 0.2) is 0 Å². The summed E-state index contributed by atoms with van der Waals surface area (Å²) in [6.45, 7) is 10.6. The average molecular weight is 205 g/mol. The van der Waals surface area contributed by atoms with Crippen LogP contribution >= 0.6 is 0 Å². The Labute approximate surface area is 87.9 Å². The number of rotatable bonds is 3. The summed E-state index contributed by atoms with van der Waals surface area (Å²) in [6.07, 6.45) is -0.000684. The van der Waals surface area contributed by atoms with Gasteiger partial charge in [-0.25, -0.2) is 9.64 Å². The Morgan fingerprint density at radius 1 is 1.53 bits per heavy atom. The van der Waals surface area contributed by atoms with Crippen molar-refractivity contribution in [3.8, 4) is 5.75 Å². The van der Waals surface area contributed by atoms with Gasteiger partial charge in [0.2, 0.25) is 5.69 Å². The summed E-state index contributed by atoms with van der Waals surface area (Å²) in [5, 5.41) is 8.79. The van der Waals surface area contributed by atoms with E-state index in [9.17, 15) is 4.79 Å². The monoisotopic (exact) mass is 205 g/mol. The van der Waals surface area contributed by atoms with Crippen molar-refractivity contribution in [2.45, 2.75) is 20.0 Å². The minimum Gasteiger partial charge on any atom is -0.492 e. The molecule has 0 heterocycles. The van der Waals surface area contributed by atoms with Crippen LogP contribution in [0.15, 0.2) is 18.2 Å². The van der Waals surface area contributed by atoms with Crippen LogP contribution in [0.4, 0.5) is 5.69 Å². The number of aromatic carboxylic acids is 1. The van der Waals surface area contributed by atoms with E-state index in [1.54, 1.807) is 6.07 Å². The lowest BCUT2D eigenvalue weighted by Crippen LogP contribution is -2.06. The summed E-state index contributed by atoms with van der Waals surface area (Å²) in [5.41, 5.74) is 0.0988. The number of carboxylic acids is 1. The molecule has 1 aromatic carbocycles. The molecule has 0 saturated carbocycles. The second-order valence-corrected chi connectivity index (χ2v) is 3.26. The highest BCUT2D eigenvalue weighted by Crippen LogP contribution is 2.25. The minimum absolute atomic E-state index is 0.000684. The van der Waals surface area contributed by atoms with E-state index in [1.807, 2.05) is 13.8 Å². The Morgan fingerprint density at radius 3 is 2.67 bits per heavy atom. The number of carbonyl (C=O) groups is 1. The molecule has 1 aromatic rings. The van der Waals surface area contributed by atoms with E-state index in [1.165, 1.54) is 12.1 Å². The van der Waals surface area contributed by atoms with Crippen molar-refractivity contribution in [3.63, 3.8) is 0 Å². The van der Waals surface area contributed by atoms with Gasteiger partial charge in [0.05, 0.1) is 18.2 Å². The molecular formula is C11H11NO3. The standard InChI is InChI=1S/C11H11NO3/c1-7(2)15-8-4-5-9(11(13)14)10(6-8)12-3/h4-7H,1-2H3,(H,13,14). The third kappa shape index (κ3) is 2.71. The van der Waals surface area contributed by atoms with E-state index in [-0.39, 0.29) is 17.4 Å². The summed E-state index contributed by atoms with van der Waals surface area (Å²) in [6, 6.07) is 4.38. The maximum Gasteiger partial charge on any atom is 0.325 e. The van der Waals surface area contributed by atoms with Gasteiger partial charge < -0.3 is 9.84 Å². The van der Waals surface area contributed by atoms with Crippen molar-refractivity contribution in [2.24, 2.45) is 0 Å². The molecule has 4 nitrogen and oxygen atoms in total. The highest BCUT2D eigenvalue weighted by molar-refractivity contribution is 5.94. The lowest BCUT2D eigenvalue weighted by Gasteiger charge is -2.10. The maximum atomic E-state index is 10.7. The highest BCUT2D eigenvalue weighted by Gasteiger charge is 2.11. The van der Waals surface area contributed by atoms with Crippen LogP contribution in [0, 0.1) is 6.57 Å². The number of benzene rings is 1. The van der Waals surface area contributed by atoms with Gasteiger partial charge >= 0.3 is 5.97 Å². The van der Waals surface area contributed by atoms with Gasteiger partial charge in [-0.15, -0.1) is 0 Å². The van der Waals surface area contributed by atoms with Gasteiger partial charge in [0.25, 0.3) is 0 Å². The molecule has 0 amide bonds. The molecule has 0 bridgehead atoms. The molecule has 0 unspecified atom stereocenters. The fraction of sp³-hybridized carbons (Fsp3) is 0.273. The first-order valence-corrected chi connectivity index (χ1v) is 4.46. The molecule has 1 N–H and O–H groups in total. The predicted molar refractivity (Wildman–Crippen MR) is 55.4 cm³/mol. The van der Waals surface area contributed by atoms with Crippen molar-refractivity contribution < 1.29 is 14.6 Å². The first kappa shape index (κ1) is 11.1. The summed E-state index contributed by atoms with van der Waals surface area (Å²) in [5.74, 6) is -0.585. The van der Waals surface area contributed by atoms with E-state index in [2.05, 4.69) is 4.85 Å². The van der Waals surface area contributed by atoms with Crippen molar-refractivity contribution in [2.75, 3.05) is 0 Å². The highest BCUT2D eigenvalue weighted by atomic mass is 16.5. The molecule has 0 aliphatic rings. The van der Waals surface area contributed by atoms with Gasteiger partial charge in [-0.1, -0.05) is 6.07 Å². The largest absolute Gasteiger partial charge is 0.492 e. The van der Waals surface area contributed by atoms with E-state index >= 15 is 0 Å². The Balaban J connectivity index is 3.09. The van der Waals surface area contributed by atoms with Crippen molar-refractivity contribution in [1.82, 2.24) is 0 Å². The van der Waals surface area contributed by atoms with Gasteiger partial charge in [0, 0.05) is 0 Å². The molecule has 1 rings (SSSR count). The second-order valence-electron chi connectivity index (χ2n) is 3.26. The van der Waals surface area contributed by atoms with Crippen LogP contribution in [0.2, 0.25) is 0 Å². The van der Waals surface area contributed by atoms with E-state index in [4.69, 9.17) is 16.4 Å². The summed E-state index contributed by atoms with van der Waals surface area (Å²) < 4.78 is 5.36. The quantitative estimate of drug-likeness (QED) is 0.772. The van der Waals surface area contributed by atoms with Crippen LogP contribution in [-0.4, -0.2) is 17.2 Å². The average Bonchev–Trinajstić information content (AvgIpc) is 2.16. The predicted octanol–water partition coefficient (Wildman–Crippen LogP) is 2.72. The van der Waals surface area contributed by atoms with Gasteiger partial charge in [-0.2, -0.15) is 0 Å². The smallest absolute Gasteiger partial charge is 0.325 e. The Morgan fingerprint density at radius 2 is 2.20 bits per heavy atom. The summed E-state index contributed by atoms with van der Waals surface area (Å²) in [7, 11) is 0. The topological polar surface area (TPSA) is 50.9 Å². The number of hydrogen-bond donors (Lipinski definition) is 1. The molecule has 4 heteroatoms. The van der Waals surface area contributed by atoms with Gasteiger partial charge in [-0.3, -0.25) is 0 Å². The van der Waals surface area contributed by atoms with Crippen molar-refractivity contribution in [1.29, 1.82) is 0 Å². The number of hydrogen-bond acceptors (Lipinski definition) is 2. The van der Waals surface area contributed by atoms with Gasteiger partial charge in [-0.05, 0) is 26.0 Å². The van der Waals surface area contributed by atoms with Crippen LogP contribution in [0.25, 0.3) is 4.85 Å². The molecule has 0 radical (unpaired) electrons. The lowest BCUT2D eigenvalue weighted by molar-refractivity contribution is 0.0698. The van der Waals surface area contributed by atoms with Crippen LogP contribution < -0.4 is 4.74 Å². The minimum atomic E-state index is -1.10. The third-order valence-electron chi connectivity index (χ3n) is 1.69. The Hall–Kier alpha value is -2.02. The molecular weight excluding hydrogens is 194 g/mol. The normalized spacial score (nSPS) is 9.73. The number of nitrogens with zero attached hydrogens (tertiary/aromatic N) is 1. The molecule has 0 atom stereocenters. The van der Waals surface area contributed by atoms with Crippen LogP contribution in [-0.2, 0) is 0 Å². The molecule has 0 aliphatic carbocycles. The zero-order valence-corrected chi connectivity index (χ0v) is 8.52. The third-order valence-corrected chi connectivity index (χ3v) is 1.69. The van der Waals surface area contributed by atoms with E-state index in [0.29, 0.717) is 5.75 Å². The Kier molecular flexibility index (Phi) is 3.29. The molecule has 15 heavy (non-hydrogen) atoms.